The molecule has 3 N–H and O–H groups in total. The van der Waals surface area contributed by atoms with Crippen LogP contribution in [0.4, 0.5) is 0 Å². The van der Waals surface area contributed by atoms with Crippen LogP contribution >= 0.6 is 15.9 Å². The summed E-state index contributed by atoms with van der Waals surface area (Å²) in [6.07, 6.45) is 0. The normalized spacial score (nSPS) is 11.0. The largest absolute Gasteiger partial charge is 0.361 e. The number of amides is 2. The molecule has 0 saturated carbocycles. The summed E-state index contributed by atoms with van der Waals surface area (Å²) in [4.78, 5) is 21.7. The molecular formula is C12H15BrN2O2. The van der Waals surface area contributed by atoms with Gasteiger partial charge in [0.25, 0.3) is 0 Å². The van der Waals surface area contributed by atoms with Crippen molar-refractivity contribution in [3.63, 3.8) is 0 Å². The van der Waals surface area contributed by atoms with Crippen LogP contribution in [0, 0.1) is 0 Å². The van der Waals surface area contributed by atoms with Crippen molar-refractivity contribution < 1.29 is 9.59 Å². The molecule has 4 nitrogen and oxygen atoms in total. The van der Waals surface area contributed by atoms with Gasteiger partial charge in [-0.25, -0.2) is 0 Å². The minimum atomic E-state index is -0.961. The van der Waals surface area contributed by atoms with E-state index in [2.05, 4.69) is 21.2 Å². The maximum atomic E-state index is 11.1. The highest BCUT2D eigenvalue weighted by Crippen LogP contribution is 2.23. The molecule has 0 fully saturated rings. The zero-order valence-electron chi connectivity index (χ0n) is 9.79. The number of nitrogens with one attached hydrogen (secondary N) is 1. The topological polar surface area (TPSA) is 72.2 Å². The highest BCUT2D eigenvalue weighted by molar-refractivity contribution is 9.10. The maximum Gasteiger partial charge on any atom is 0.309 e. The lowest BCUT2D eigenvalue weighted by Gasteiger charge is -2.25. The molecule has 17 heavy (non-hydrogen) atoms. The Labute approximate surface area is 109 Å². The molecule has 0 aliphatic rings. The Kier molecular flexibility index (Phi) is 4.28. The molecule has 0 aliphatic carbocycles. The minimum Gasteiger partial charge on any atom is -0.361 e. The highest BCUT2D eigenvalue weighted by Gasteiger charge is 2.22. The number of rotatable bonds is 3. The molecule has 1 aromatic carbocycles. The van der Waals surface area contributed by atoms with Crippen LogP contribution in [0.25, 0.3) is 0 Å². The van der Waals surface area contributed by atoms with Crippen LogP contribution in [0.3, 0.4) is 0 Å². The van der Waals surface area contributed by atoms with Crippen LogP contribution < -0.4 is 11.1 Å². The Hall–Kier alpha value is -1.36. The van der Waals surface area contributed by atoms with Crippen molar-refractivity contribution in [3.8, 4) is 0 Å². The van der Waals surface area contributed by atoms with Gasteiger partial charge in [0.15, 0.2) is 0 Å². The van der Waals surface area contributed by atoms with Gasteiger partial charge in [0.1, 0.15) is 0 Å². The van der Waals surface area contributed by atoms with Gasteiger partial charge in [-0.05, 0) is 17.7 Å². The van der Waals surface area contributed by atoms with Gasteiger partial charge >= 0.3 is 11.8 Å². The lowest BCUT2D eigenvalue weighted by Crippen LogP contribution is -2.42. The fourth-order valence-electron chi connectivity index (χ4n) is 1.39. The Morgan fingerprint density at radius 2 is 1.82 bits per heavy atom. The molecule has 0 radical (unpaired) electrons. The van der Waals surface area contributed by atoms with Crippen LogP contribution in [-0.2, 0) is 15.0 Å². The Balaban J connectivity index is 2.71. The molecule has 0 heterocycles. The molecule has 0 bridgehead atoms. The maximum absolute atomic E-state index is 11.1. The van der Waals surface area contributed by atoms with Crippen molar-refractivity contribution in [2.75, 3.05) is 6.54 Å². The molecule has 0 spiro atoms. The summed E-state index contributed by atoms with van der Waals surface area (Å²) >= 11 is 3.36. The Bertz CT molecular complexity index is 427. The quantitative estimate of drug-likeness (QED) is 0.826. The lowest BCUT2D eigenvalue weighted by molar-refractivity contribution is -0.137. The summed E-state index contributed by atoms with van der Waals surface area (Å²) in [5, 5.41) is 2.51. The lowest BCUT2D eigenvalue weighted by atomic mass is 9.84. The van der Waals surface area contributed by atoms with E-state index < -0.39 is 11.8 Å². The second kappa shape index (κ2) is 5.31. The first kappa shape index (κ1) is 13.7. The van der Waals surface area contributed by atoms with Gasteiger partial charge in [-0.3, -0.25) is 9.59 Å². The van der Waals surface area contributed by atoms with Gasteiger partial charge < -0.3 is 11.1 Å². The van der Waals surface area contributed by atoms with Crippen LogP contribution in [0.5, 0.6) is 0 Å². The van der Waals surface area contributed by atoms with E-state index in [9.17, 15) is 9.59 Å². The van der Waals surface area contributed by atoms with Gasteiger partial charge in [-0.15, -0.1) is 0 Å². The van der Waals surface area contributed by atoms with E-state index in [1.165, 1.54) is 0 Å². The van der Waals surface area contributed by atoms with Gasteiger partial charge in [0.2, 0.25) is 0 Å². The van der Waals surface area contributed by atoms with E-state index in [-0.39, 0.29) is 5.41 Å². The van der Waals surface area contributed by atoms with Crippen LogP contribution in [0.15, 0.2) is 28.7 Å². The standard InChI is InChI=1S/C12H15BrN2O2/c1-12(2,7-15-11(17)10(14)16)8-3-5-9(13)6-4-8/h3-6H,7H2,1-2H3,(H2,14,16)(H,15,17). The van der Waals surface area contributed by atoms with E-state index in [4.69, 9.17) is 5.73 Å². The zero-order valence-corrected chi connectivity index (χ0v) is 11.4. The van der Waals surface area contributed by atoms with E-state index in [1.807, 2.05) is 38.1 Å². The van der Waals surface area contributed by atoms with Crippen molar-refractivity contribution in [2.45, 2.75) is 19.3 Å². The summed E-state index contributed by atoms with van der Waals surface area (Å²) in [7, 11) is 0. The smallest absolute Gasteiger partial charge is 0.309 e. The number of benzene rings is 1. The summed E-state index contributed by atoms with van der Waals surface area (Å²) in [5.74, 6) is -1.72. The summed E-state index contributed by atoms with van der Waals surface area (Å²) in [5.41, 5.74) is 5.68. The predicted molar refractivity (Wildman–Crippen MR) is 69.4 cm³/mol. The summed E-state index contributed by atoms with van der Waals surface area (Å²) in [6.45, 7) is 4.32. The van der Waals surface area contributed by atoms with E-state index in [0.29, 0.717) is 6.54 Å². The molecule has 0 atom stereocenters. The molecule has 0 unspecified atom stereocenters. The van der Waals surface area contributed by atoms with E-state index >= 15 is 0 Å². The first-order chi connectivity index (χ1) is 7.83. The molecule has 1 rings (SSSR count). The van der Waals surface area contributed by atoms with Gasteiger partial charge in [0, 0.05) is 16.4 Å². The number of primary amides is 1. The fourth-order valence-corrected chi connectivity index (χ4v) is 1.66. The monoisotopic (exact) mass is 298 g/mol. The highest BCUT2D eigenvalue weighted by atomic mass is 79.9. The van der Waals surface area contributed by atoms with Crippen LogP contribution in [0.1, 0.15) is 19.4 Å². The van der Waals surface area contributed by atoms with Crippen LogP contribution in [0.2, 0.25) is 0 Å². The number of carbonyl (C=O) groups excluding carboxylic acids is 2. The second-order valence-electron chi connectivity index (χ2n) is 4.44. The molecule has 0 saturated heterocycles. The van der Waals surface area contributed by atoms with Gasteiger partial charge in [-0.1, -0.05) is 41.9 Å². The Morgan fingerprint density at radius 1 is 1.29 bits per heavy atom. The number of halogens is 1. The average molecular weight is 299 g/mol. The molecule has 1 aromatic rings. The van der Waals surface area contributed by atoms with Crippen molar-refractivity contribution in [3.05, 3.63) is 34.3 Å². The van der Waals surface area contributed by atoms with Crippen molar-refractivity contribution >= 4 is 27.7 Å². The summed E-state index contributed by atoms with van der Waals surface area (Å²) in [6, 6.07) is 7.82. The van der Waals surface area contributed by atoms with E-state index in [1.54, 1.807) is 0 Å². The third-order valence-corrected chi connectivity index (χ3v) is 3.07. The number of nitrogens with two attached hydrogens (primary N) is 1. The molecule has 0 aliphatic heterocycles. The third-order valence-electron chi connectivity index (χ3n) is 2.54. The van der Waals surface area contributed by atoms with Crippen molar-refractivity contribution in [1.29, 1.82) is 0 Å². The number of hydrogen-bond donors (Lipinski definition) is 2. The third kappa shape index (κ3) is 3.85. The Morgan fingerprint density at radius 3 is 2.29 bits per heavy atom. The number of hydrogen-bond acceptors (Lipinski definition) is 2. The number of carbonyl (C=O) groups is 2. The predicted octanol–water partition coefficient (Wildman–Crippen LogP) is 1.33. The minimum absolute atomic E-state index is 0.258. The van der Waals surface area contributed by atoms with Gasteiger partial charge in [0.05, 0.1) is 0 Å². The van der Waals surface area contributed by atoms with Crippen LogP contribution in [-0.4, -0.2) is 18.4 Å². The summed E-state index contributed by atoms with van der Waals surface area (Å²) < 4.78 is 0.998. The molecular weight excluding hydrogens is 284 g/mol. The van der Waals surface area contributed by atoms with Crippen molar-refractivity contribution in [1.82, 2.24) is 5.32 Å². The molecule has 0 aromatic heterocycles. The zero-order chi connectivity index (χ0) is 13.1. The van der Waals surface area contributed by atoms with E-state index in [0.717, 1.165) is 10.0 Å². The molecule has 5 heteroatoms. The molecule has 2 amide bonds. The van der Waals surface area contributed by atoms with Gasteiger partial charge in [-0.2, -0.15) is 0 Å². The first-order valence-corrected chi connectivity index (χ1v) is 5.96. The second-order valence-corrected chi connectivity index (χ2v) is 5.35. The first-order valence-electron chi connectivity index (χ1n) is 5.16. The molecule has 92 valence electrons. The SMILES string of the molecule is CC(C)(CNC(=O)C(N)=O)c1ccc(Br)cc1. The fraction of sp³-hybridized carbons (Fsp3) is 0.333. The average Bonchev–Trinajstić information content (AvgIpc) is 2.26. The van der Waals surface area contributed by atoms with Crippen molar-refractivity contribution in [2.24, 2.45) is 5.73 Å².